The van der Waals surface area contributed by atoms with E-state index in [0.29, 0.717) is 49.4 Å². The number of carbonyl (C=O) groups is 3. The largest absolute Gasteiger partial charge is 0.493 e. The molecule has 0 spiro atoms. The number of nitrogens with zero attached hydrogens (tertiary/aromatic N) is 1. The fourth-order valence-electron chi connectivity index (χ4n) is 4.34. The van der Waals surface area contributed by atoms with E-state index in [1.165, 1.54) is 13.3 Å². The summed E-state index contributed by atoms with van der Waals surface area (Å²) < 4.78 is 23.8. The molecule has 1 atom stereocenters. The number of methoxy groups -OCH3 is 1. The van der Waals surface area contributed by atoms with Gasteiger partial charge in [-0.15, -0.1) is 0 Å². The molecule has 0 aliphatic carbocycles. The van der Waals surface area contributed by atoms with Gasteiger partial charge in [0.15, 0.2) is 18.1 Å². The first-order valence-corrected chi connectivity index (χ1v) is 16.3. The highest BCUT2D eigenvalue weighted by Crippen LogP contribution is 2.35. The van der Waals surface area contributed by atoms with Crippen LogP contribution < -0.4 is 30.3 Å². The molecule has 0 saturated carbocycles. The van der Waals surface area contributed by atoms with E-state index in [-0.39, 0.29) is 24.5 Å². The normalized spacial score (nSPS) is 14.4. The third-order valence-electron chi connectivity index (χ3n) is 6.43. The standard InChI is InChI=1S/C31H28BrCl2IN4O7/c1-4-44-30(41)27-16(2)37-31(42)38-28(27)19-6-8-24(25(12-19)43-3)45-15-26(40)39-36-13-18-9-20(32)29(23(35)11-18)46-14-17-5-7-21(33)22(34)10-17/h5-13,28H,4,14-15H2,1-3H3,(H,39,40)(H2,37,38,42)/b36-13-/t28-/m0/s1. The zero-order valence-electron chi connectivity index (χ0n) is 24.7. The molecule has 0 fully saturated rings. The molecule has 4 rings (SSSR count). The van der Waals surface area contributed by atoms with Crippen LogP contribution in [0.15, 0.2) is 69.4 Å². The van der Waals surface area contributed by atoms with Gasteiger partial charge in [0.1, 0.15) is 12.4 Å². The Kier molecular flexibility index (Phi) is 12.5. The summed E-state index contributed by atoms with van der Waals surface area (Å²) in [6.45, 7) is 3.44. The zero-order chi connectivity index (χ0) is 33.4. The second kappa shape index (κ2) is 16.3. The van der Waals surface area contributed by atoms with E-state index < -0.39 is 23.9 Å². The van der Waals surface area contributed by atoms with Crippen molar-refractivity contribution in [3.8, 4) is 17.2 Å². The van der Waals surface area contributed by atoms with Crippen molar-refractivity contribution in [1.29, 1.82) is 0 Å². The molecule has 0 radical (unpaired) electrons. The van der Waals surface area contributed by atoms with Crippen molar-refractivity contribution < 1.29 is 33.3 Å². The highest BCUT2D eigenvalue weighted by Gasteiger charge is 2.32. The van der Waals surface area contributed by atoms with Crippen LogP contribution in [0.3, 0.4) is 0 Å². The molecule has 3 amide bonds. The molecule has 1 aliphatic heterocycles. The van der Waals surface area contributed by atoms with Crippen molar-refractivity contribution in [2.45, 2.75) is 26.5 Å². The van der Waals surface area contributed by atoms with E-state index in [1.807, 2.05) is 12.1 Å². The second-order valence-corrected chi connectivity index (χ2v) is 12.5. The lowest BCUT2D eigenvalue weighted by molar-refractivity contribution is -0.139. The number of ether oxygens (including phenoxy) is 4. The van der Waals surface area contributed by atoms with Gasteiger partial charge in [-0.1, -0.05) is 35.3 Å². The van der Waals surface area contributed by atoms with Crippen LogP contribution in [0, 0.1) is 3.57 Å². The summed E-state index contributed by atoms with van der Waals surface area (Å²) in [6, 6.07) is 12.6. The number of nitrogens with one attached hydrogen (secondary N) is 3. The summed E-state index contributed by atoms with van der Waals surface area (Å²) >= 11 is 17.8. The molecule has 15 heteroatoms. The Bertz CT molecular complexity index is 1700. The summed E-state index contributed by atoms with van der Waals surface area (Å²) in [5, 5.41) is 10.3. The summed E-state index contributed by atoms with van der Waals surface area (Å²) in [5.74, 6) is 0.154. The average molecular weight is 846 g/mol. The number of allylic oxidation sites excluding steroid dienone is 1. The number of carbonyl (C=O) groups excluding carboxylic acids is 3. The third-order valence-corrected chi connectivity index (χ3v) is 8.56. The van der Waals surface area contributed by atoms with Gasteiger partial charge in [0.2, 0.25) is 0 Å². The molecule has 46 heavy (non-hydrogen) atoms. The van der Waals surface area contributed by atoms with Crippen LogP contribution >= 0.6 is 61.7 Å². The Labute approximate surface area is 297 Å². The summed E-state index contributed by atoms with van der Waals surface area (Å²) in [4.78, 5) is 37.3. The molecule has 242 valence electrons. The molecule has 0 bridgehead atoms. The van der Waals surface area contributed by atoms with Gasteiger partial charge in [0.05, 0.1) is 49.6 Å². The van der Waals surface area contributed by atoms with E-state index >= 15 is 0 Å². The zero-order valence-corrected chi connectivity index (χ0v) is 30.0. The summed E-state index contributed by atoms with van der Waals surface area (Å²) in [5.41, 5.74) is 5.22. The van der Waals surface area contributed by atoms with Crippen molar-refractivity contribution in [3.63, 3.8) is 0 Å². The van der Waals surface area contributed by atoms with Gasteiger partial charge in [-0.3, -0.25) is 4.79 Å². The lowest BCUT2D eigenvalue weighted by Gasteiger charge is -2.28. The van der Waals surface area contributed by atoms with Crippen molar-refractivity contribution in [3.05, 3.63) is 94.6 Å². The van der Waals surface area contributed by atoms with Crippen LogP contribution in [-0.2, 0) is 20.9 Å². The van der Waals surface area contributed by atoms with E-state index in [4.69, 9.17) is 42.1 Å². The van der Waals surface area contributed by atoms with Crippen molar-refractivity contribution in [2.24, 2.45) is 5.10 Å². The Hall–Kier alpha value is -3.53. The molecule has 3 N–H and O–H groups in total. The van der Waals surface area contributed by atoms with Gasteiger partial charge >= 0.3 is 12.0 Å². The quantitative estimate of drug-likeness (QED) is 0.0803. The lowest BCUT2D eigenvalue weighted by Crippen LogP contribution is -2.45. The number of urea groups is 1. The molecular weight excluding hydrogens is 818 g/mol. The van der Waals surface area contributed by atoms with E-state index in [9.17, 15) is 14.4 Å². The third kappa shape index (κ3) is 9.05. The number of hydrogen-bond acceptors (Lipinski definition) is 8. The number of rotatable bonds is 12. The van der Waals surface area contributed by atoms with Crippen LogP contribution in [0.1, 0.15) is 36.6 Å². The maximum absolute atomic E-state index is 12.6. The van der Waals surface area contributed by atoms with Crippen molar-refractivity contribution in [1.82, 2.24) is 16.1 Å². The average Bonchev–Trinajstić information content (AvgIpc) is 3.01. The van der Waals surface area contributed by atoms with Gasteiger partial charge in [0.25, 0.3) is 5.91 Å². The molecule has 11 nitrogen and oxygen atoms in total. The maximum Gasteiger partial charge on any atom is 0.338 e. The molecule has 0 saturated heterocycles. The SMILES string of the molecule is CCOC(=O)C1=C(C)NC(=O)N[C@H]1c1ccc(OCC(=O)N/N=C\c2cc(Br)c(OCc3ccc(Cl)c(Cl)c3)c(I)c2)c(OC)c1. The van der Waals surface area contributed by atoms with Crippen LogP contribution in [0.25, 0.3) is 0 Å². The number of hydrogen-bond donors (Lipinski definition) is 3. The fourth-order valence-corrected chi connectivity index (χ4v) is 6.43. The van der Waals surface area contributed by atoms with Crippen LogP contribution in [-0.4, -0.2) is 44.4 Å². The molecule has 0 aromatic heterocycles. The van der Waals surface area contributed by atoms with Gasteiger partial charge in [-0.25, -0.2) is 15.0 Å². The molecule has 1 heterocycles. The predicted molar refractivity (Wildman–Crippen MR) is 186 cm³/mol. The summed E-state index contributed by atoms with van der Waals surface area (Å²) in [6.07, 6.45) is 1.49. The molecule has 3 aromatic rings. The monoisotopic (exact) mass is 844 g/mol. The van der Waals surface area contributed by atoms with Crippen molar-refractivity contribution >= 4 is 85.8 Å². The maximum atomic E-state index is 12.6. The highest BCUT2D eigenvalue weighted by molar-refractivity contribution is 14.1. The Morgan fingerprint density at radius 1 is 1.09 bits per heavy atom. The molecule has 3 aromatic carbocycles. The van der Waals surface area contributed by atoms with Crippen LogP contribution in [0.4, 0.5) is 4.79 Å². The first kappa shape index (κ1) is 35.3. The summed E-state index contributed by atoms with van der Waals surface area (Å²) in [7, 11) is 1.44. The minimum Gasteiger partial charge on any atom is -0.493 e. The topological polar surface area (TPSA) is 137 Å². The first-order valence-electron chi connectivity index (χ1n) is 13.6. The Balaban J connectivity index is 1.35. The minimum atomic E-state index is -0.778. The van der Waals surface area contributed by atoms with E-state index in [0.717, 1.165) is 9.13 Å². The van der Waals surface area contributed by atoms with Gasteiger partial charge in [-0.05, 0) is 105 Å². The second-order valence-electron chi connectivity index (χ2n) is 9.63. The lowest BCUT2D eigenvalue weighted by atomic mass is 9.95. The van der Waals surface area contributed by atoms with Crippen LogP contribution in [0.2, 0.25) is 10.0 Å². The number of halogens is 4. The fraction of sp³-hybridized carbons (Fsp3) is 0.226. The number of hydrazone groups is 1. The molecule has 0 unspecified atom stereocenters. The Morgan fingerprint density at radius 2 is 1.87 bits per heavy atom. The smallest absolute Gasteiger partial charge is 0.338 e. The predicted octanol–water partition coefficient (Wildman–Crippen LogP) is 6.67. The van der Waals surface area contributed by atoms with Crippen LogP contribution in [0.5, 0.6) is 17.2 Å². The highest BCUT2D eigenvalue weighted by atomic mass is 127. The van der Waals surface area contributed by atoms with Gasteiger partial charge in [-0.2, -0.15) is 5.10 Å². The number of benzene rings is 3. The number of amides is 3. The Morgan fingerprint density at radius 3 is 2.57 bits per heavy atom. The van der Waals surface area contributed by atoms with Gasteiger partial charge < -0.3 is 29.6 Å². The van der Waals surface area contributed by atoms with Gasteiger partial charge in [0, 0.05) is 5.70 Å². The van der Waals surface area contributed by atoms with Crippen molar-refractivity contribution in [2.75, 3.05) is 20.3 Å². The molecule has 1 aliphatic rings. The number of esters is 1. The first-order chi connectivity index (χ1) is 22.0. The molecular formula is C31H28BrCl2IN4O7. The van der Waals surface area contributed by atoms with E-state index in [1.54, 1.807) is 50.2 Å². The van der Waals surface area contributed by atoms with E-state index in [2.05, 4.69) is 59.7 Å². The minimum absolute atomic E-state index is 0.179.